The van der Waals surface area contributed by atoms with Crippen molar-refractivity contribution in [3.63, 3.8) is 0 Å². The molecule has 0 unspecified atom stereocenters. The molecule has 0 bridgehead atoms. The fourth-order valence-electron chi connectivity index (χ4n) is 2.13. The Hall–Kier alpha value is -1.64. The van der Waals surface area contributed by atoms with Crippen LogP contribution < -0.4 is 0 Å². The van der Waals surface area contributed by atoms with Gasteiger partial charge in [-0.1, -0.05) is 48.5 Å². The number of aliphatic hydroxyl groups is 1. The first-order valence-electron chi connectivity index (χ1n) is 6.12. The topological polar surface area (TPSA) is 29.5 Å². The third-order valence-electron chi connectivity index (χ3n) is 3.07. The standard InChI is InChI=1S/C16H18O2/c1-18-11-10-13-6-2-4-8-15(13)16-9-5-3-7-14(16)12-17/h2-9,17H,10-12H2,1H3. The highest BCUT2D eigenvalue weighted by molar-refractivity contribution is 5.70. The minimum atomic E-state index is 0.0643. The molecule has 2 rings (SSSR count). The second-order valence-electron chi connectivity index (χ2n) is 4.22. The van der Waals surface area contributed by atoms with Crippen LogP contribution in [0.15, 0.2) is 48.5 Å². The van der Waals surface area contributed by atoms with Crippen LogP contribution in [-0.2, 0) is 17.8 Å². The van der Waals surface area contributed by atoms with Gasteiger partial charge < -0.3 is 9.84 Å². The lowest BCUT2D eigenvalue weighted by molar-refractivity contribution is 0.202. The summed E-state index contributed by atoms with van der Waals surface area (Å²) in [6, 6.07) is 16.2. The largest absolute Gasteiger partial charge is 0.392 e. The number of methoxy groups -OCH3 is 1. The fourth-order valence-corrected chi connectivity index (χ4v) is 2.13. The first-order valence-corrected chi connectivity index (χ1v) is 6.12. The molecule has 0 aliphatic carbocycles. The second kappa shape index (κ2) is 6.34. The Morgan fingerprint density at radius 2 is 1.44 bits per heavy atom. The molecule has 0 aliphatic heterocycles. The molecule has 0 fully saturated rings. The van der Waals surface area contributed by atoms with Gasteiger partial charge in [0.05, 0.1) is 13.2 Å². The molecule has 2 nitrogen and oxygen atoms in total. The Morgan fingerprint density at radius 1 is 0.889 bits per heavy atom. The molecule has 2 aromatic carbocycles. The van der Waals surface area contributed by atoms with Crippen molar-refractivity contribution in [2.75, 3.05) is 13.7 Å². The summed E-state index contributed by atoms with van der Waals surface area (Å²) in [5, 5.41) is 9.42. The van der Waals surface area contributed by atoms with E-state index >= 15 is 0 Å². The van der Waals surface area contributed by atoms with E-state index in [0.29, 0.717) is 6.61 Å². The fraction of sp³-hybridized carbons (Fsp3) is 0.250. The smallest absolute Gasteiger partial charge is 0.0687 e. The van der Waals surface area contributed by atoms with E-state index in [1.54, 1.807) is 7.11 Å². The van der Waals surface area contributed by atoms with Gasteiger partial charge >= 0.3 is 0 Å². The normalized spacial score (nSPS) is 10.6. The second-order valence-corrected chi connectivity index (χ2v) is 4.22. The third-order valence-corrected chi connectivity index (χ3v) is 3.07. The van der Waals surface area contributed by atoms with Crippen LogP contribution in [-0.4, -0.2) is 18.8 Å². The average Bonchev–Trinajstić information content (AvgIpc) is 2.45. The zero-order valence-electron chi connectivity index (χ0n) is 10.6. The first-order chi connectivity index (χ1) is 8.86. The zero-order valence-corrected chi connectivity index (χ0v) is 10.6. The van der Waals surface area contributed by atoms with E-state index in [4.69, 9.17) is 4.74 Å². The van der Waals surface area contributed by atoms with Crippen LogP contribution in [0.3, 0.4) is 0 Å². The lowest BCUT2D eigenvalue weighted by Crippen LogP contribution is -1.98. The third kappa shape index (κ3) is 2.78. The summed E-state index contributed by atoms with van der Waals surface area (Å²) in [6.07, 6.45) is 0.881. The molecule has 0 saturated carbocycles. The Morgan fingerprint density at radius 3 is 2.06 bits per heavy atom. The highest BCUT2D eigenvalue weighted by atomic mass is 16.5. The molecule has 1 N–H and O–H groups in total. The van der Waals surface area contributed by atoms with Gasteiger partial charge in [-0.15, -0.1) is 0 Å². The van der Waals surface area contributed by atoms with E-state index in [9.17, 15) is 5.11 Å². The molecule has 0 aromatic heterocycles. The maximum Gasteiger partial charge on any atom is 0.0687 e. The van der Waals surface area contributed by atoms with Crippen molar-refractivity contribution >= 4 is 0 Å². The molecule has 0 aliphatic rings. The van der Waals surface area contributed by atoms with Crippen molar-refractivity contribution in [2.45, 2.75) is 13.0 Å². The molecule has 0 saturated heterocycles. The number of rotatable bonds is 5. The number of benzene rings is 2. The number of ether oxygens (including phenoxy) is 1. The molecular weight excluding hydrogens is 224 g/mol. The van der Waals surface area contributed by atoms with Gasteiger partial charge in [-0.05, 0) is 28.7 Å². The van der Waals surface area contributed by atoms with Crippen LogP contribution >= 0.6 is 0 Å². The average molecular weight is 242 g/mol. The van der Waals surface area contributed by atoms with E-state index in [-0.39, 0.29) is 6.61 Å². The van der Waals surface area contributed by atoms with Crippen molar-refractivity contribution < 1.29 is 9.84 Å². The Bertz CT molecular complexity index is 506. The summed E-state index contributed by atoms with van der Waals surface area (Å²) in [4.78, 5) is 0. The lowest BCUT2D eigenvalue weighted by Gasteiger charge is -2.12. The van der Waals surface area contributed by atoms with E-state index in [1.807, 2.05) is 30.3 Å². The monoisotopic (exact) mass is 242 g/mol. The van der Waals surface area contributed by atoms with Crippen molar-refractivity contribution in [3.8, 4) is 11.1 Å². The molecule has 0 radical (unpaired) electrons. The van der Waals surface area contributed by atoms with Crippen molar-refractivity contribution in [3.05, 3.63) is 59.7 Å². The van der Waals surface area contributed by atoms with E-state index in [0.717, 1.165) is 17.5 Å². The Kier molecular flexibility index (Phi) is 4.51. The zero-order chi connectivity index (χ0) is 12.8. The molecule has 18 heavy (non-hydrogen) atoms. The summed E-state index contributed by atoms with van der Waals surface area (Å²) in [5.74, 6) is 0. The van der Waals surface area contributed by atoms with Gasteiger partial charge in [-0.2, -0.15) is 0 Å². The molecule has 2 aromatic rings. The van der Waals surface area contributed by atoms with Crippen LogP contribution in [0.2, 0.25) is 0 Å². The van der Waals surface area contributed by atoms with Gasteiger partial charge in [0.25, 0.3) is 0 Å². The highest BCUT2D eigenvalue weighted by Crippen LogP contribution is 2.27. The van der Waals surface area contributed by atoms with Crippen LogP contribution in [0.5, 0.6) is 0 Å². The molecule has 2 heteroatoms. The molecule has 94 valence electrons. The van der Waals surface area contributed by atoms with Gasteiger partial charge in [-0.25, -0.2) is 0 Å². The van der Waals surface area contributed by atoms with Crippen LogP contribution in [0.25, 0.3) is 11.1 Å². The number of hydrogen-bond donors (Lipinski definition) is 1. The SMILES string of the molecule is COCCc1ccccc1-c1ccccc1CO. The molecule has 0 spiro atoms. The number of aliphatic hydroxyl groups excluding tert-OH is 1. The number of hydrogen-bond acceptors (Lipinski definition) is 2. The van der Waals surface area contributed by atoms with Crippen molar-refractivity contribution in [2.24, 2.45) is 0 Å². The quantitative estimate of drug-likeness (QED) is 0.873. The summed E-state index contributed by atoms with van der Waals surface area (Å²) >= 11 is 0. The Labute approximate surface area is 108 Å². The highest BCUT2D eigenvalue weighted by Gasteiger charge is 2.07. The maximum atomic E-state index is 9.42. The summed E-state index contributed by atoms with van der Waals surface area (Å²) in [6.45, 7) is 0.771. The minimum Gasteiger partial charge on any atom is -0.392 e. The van der Waals surface area contributed by atoms with Crippen LogP contribution in [0, 0.1) is 0 Å². The molecule has 0 atom stereocenters. The lowest BCUT2D eigenvalue weighted by atomic mass is 9.94. The van der Waals surface area contributed by atoms with Crippen molar-refractivity contribution in [1.29, 1.82) is 0 Å². The van der Waals surface area contributed by atoms with E-state index in [1.165, 1.54) is 11.1 Å². The van der Waals surface area contributed by atoms with Gasteiger partial charge in [0.15, 0.2) is 0 Å². The summed E-state index contributed by atoms with van der Waals surface area (Å²) in [5.41, 5.74) is 4.49. The summed E-state index contributed by atoms with van der Waals surface area (Å²) < 4.78 is 5.14. The summed E-state index contributed by atoms with van der Waals surface area (Å²) in [7, 11) is 1.71. The van der Waals surface area contributed by atoms with E-state index in [2.05, 4.69) is 18.2 Å². The molecular formula is C16H18O2. The van der Waals surface area contributed by atoms with Gasteiger partial charge in [0.1, 0.15) is 0 Å². The van der Waals surface area contributed by atoms with Gasteiger partial charge in [0, 0.05) is 7.11 Å². The van der Waals surface area contributed by atoms with Crippen LogP contribution in [0.1, 0.15) is 11.1 Å². The molecule has 0 amide bonds. The maximum absolute atomic E-state index is 9.42. The first kappa shape index (κ1) is 12.8. The Balaban J connectivity index is 2.43. The van der Waals surface area contributed by atoms with Crippen LogP contribution in [0.4, 0.5) is 0 Å². The minimum absolute atomic E-state index is 0.0643. The predicted octanol–water partition coefficient (Wildman–Crippen LogP) is 3.03. The van der Waals surface area contributed by atoms with Crippen molar-refractivity contribution in [1.82, 2.24) is 0 Å². The van der Waals surface area contributed by atoms with Gasteiger partial charge in [-0.3, -0.25) is 0 Å². The van der Waals surface area contributed by atoms with Gasteiger partial charge in [0.2, 0.25) is 0 Å². The predicted molar refractivity (Wildman–Crippen MR) is 73.4 cm³/mol. The molecule has 0 heterocycles. The van der Waals surface area contributed by atoms with E-state index < -0.39 is 0 Å².